The first-order chi connectivity index (χ1) is 16.2. The van der Waals surface area contributed by atoms with E-state index >= 15 is 0 Å². The van der Waals surface area contributed by atoms with E-state index in [1.807, 2.05) is 81.4 Å². The first kappa shape index (κ1) is 25.1. The summed E-state index contributed by atoms with van der Waals surface area (Å²) < 4.78 is 17.1. The van der Waals surface area contributed by atoms with E-state index < -0.39 is 11.7 Å². The van der Waals surface area contributed by atoms with Crippen LogP contribution in [0.25, 0.3) is 0 Å². The van der Waals surface area contributed by atoms with Gasteiger partial charge in [-0.3, -0.25) is 0 Å². The molecule has 0 aliphatic heterocycles. The Bertz CT molecular complexity index is 1080. The topological polar surface area (TPSA) is 60.0 Å². The number of hydrogen-bond acceptors (Lipinski definition) is 6. The highest BCUT2D eigenvalue weighted by Gasteiger charge is 2.22. The van der Waals surface area contributed by atoms with Crippen molar-refractivity contribution in [3.8, 4) is 11.5 Å². The number of ether oxygens (including phenoxy) is 3. The molecule has 0 aromatic heterocycles. The van der Waals surface area contributed by atoms with Crippen molar-refractivity contribution in [1.82, 2.24) is 5.32 Å². The summed E-state index contributed by atoms with van der Waals surface area (Å²) in [4.78, 5) is 13.6. The molecule has 3 aromatic carbocycles. The molecular formula is C26H26N2O4S2. The van der Waals surface area contributed by atoms with Crippen LogP contribution < -0.4 is 19.7 Å². The fourth-order valence-corrected chi connectivity index (χ4v) is 3.48. The zero-order valence-electron chi connectivity index (χ0n) is 19.2. The maximum atomic E-state index is 12.0. The fourth-order valence-electron chi connectivity index (χ4n) is 2.85. The van der Waals surface area contributed by atoms with Crippen molar-refractivity contribution < 1.29 is 19.0 Å². The van der Waals surface area contributed by atoms with Crippen LogP contribution in [0.5, 0.6) is 11.5 Å². The van der Waals surface area contributed by atoms with Gasteiger partial charge in [0.25, 0.3) is 10.3 Å². The minimum Gasteiger partial charge on any atom is -0.444 e. The summed E-state index contributed by atoms with van der Waals surface area (Å²) in [6.07, 6.45) is -0.499. The molecule has 0 saturated carbocycles. The van der Waals surface area contributed by atoms with Gasteiger partial charge in [0.1, 0.15) is 17.1 Å². The molecular weight excluding hydrogens is 468 g/mol. The lowest BCUT2D eigenvalue weighted by atomic mass is 10.2. The second-order valence-corrected chi connectivity index (χ2v) is 8.92. The van der Waals surface area contributed by atoms with Crippen LogP contribution in [0.1, 0.15) is 26.3 Å². The summed E-state index contributed by atoms with van der Waals surface area (Å²) in [6, 6.07) is 25.8. The average Bonchev–Trinajstić information content (AvgIpc) is 2.78. The molecule has 0 aliphatic carbocycles. The molecule has 3 rings (SSSR count). The molecule has 0 aliphatic rings. The number of para-hydroxylation sites is 2. The number of carbonyl (C=O) groups excluding carboxylic acids is 1. The lowest BCUT2D eigenvalue weighted by molar-refractivity contribution is 0.0523. The highest BCUT2D eigenvalue weighted by molar-refractivity contribution is 7.82. The van der Waals surface area contributed by atoms with Crippen LogP contribution in [0.3, 0.4) is 0 Å². The first-order valence-corrected chi connectivity index (χ1v) is 11.4. The molecule has 0 heterocycles. The molecule has 176 valence electrons. The van der Waals surface area contributed by atoms with E-state index in [2.05, 4.69) is 5.32 Å². The lowest BCUT2D eigenvalue weighted by Gasteiger charge is -2.25. The van der Waals surface area contributed by atoms with Crippen molar-refractivity contribution in [3.63, 3.8) is 0 Å². The Morgan fingerprint density at radius 1 is 0.824 bits per heavy atom. The van der Waals surface area contributed by atoms with Gasteiger partial charge in [-0.1, -0.05) is 48.5 Å². The minimum atomic E-state index is -0.579. The monoisotopic (exact) mass is 494 g/mol. The SMILES string of the molecule is CC(C)(C)OC(=O)NCc1cccc(N(C(=S)Oc2ccccc2)C(=S)Oc2ccccc2)c1. The van der Waals surface area contributed by atoms with E-state index in [0.29, 0.717) is 17.2 Å². The Kier molecular flexibility index (Phi) is 8.56. The van der Waals surface area contributed by atoms with Gasteiger partial charge in [-0.05, 0) is 87.2 Å². The molecule has 1 N–H and O–H groups in total. The van der Waals surface area contributed by atoms with E-state index in [4.69, 9.17) is 38.6 Å². The molecule has 1 amide bonds. The largest absolute Gasteiger partial charge is 0.444 e. The van der Waals surface area contributed by atoms with Crippen LogP contribution in [-0.2, 0) is 11.3 Å². The van der Waals surface area contributed by atoms with E-state index in [0.717, 1.165) is 5.56 Å². The predicted octanol–water partition coefficient (Wildman–Crippen LogP) is 6.25. The summed E-state index contributed by atoms with van der Waals surface area (Å²) in [5.41, 5.74) is 0.869. The second kappa shape index (κ2) is 11.6. The molecule has 0 spiro atoms. The Morgan fingerprint density at radius 3 is 1.85 bits per heavy atom. The Hall–Kier alpha value is -3.49. The van der Waals surface area contributed by atoms with E-state index in [9.17, 15) is 4.79 Å². The lowest BCUT2D eigenvalue weighted by Crippen LogP contribution is -2.40. The highest BCUT2D eigenvalue weighted by Crippen LogP contribution is 2.22. The number of benzene rings is 3. The molecule has 3 aromatic rings. The molecule has 0 bridgehead atoms. The Labute approximate surface area is 210 Å². The summed E-state index contributed by atoms with van der Waals surface area (Å²) in [5, 5.41) is 2.95. The number of rotatable bonds is 5. The van der Waals surface area contributed by atoms with Crippen LogP contribution in [0, 0.1) is 0 Å². The highest BCUT2D eigenvalue weighted by atomic mass is 32.1. The quantitative estimate of drug-likeness (QED) is 0.421. The Morgan fingerprint density at radius 2 is 1.35 bits per heavy atom. The molecule has 8 heteroatoms. The van der Waals surface area contributed by atoms with Gasteiger partial charge in [0.15, 0.2) is 0 Å². The molecule has 6 nitrogen and oxygen atoms in total. The smallest absolute Gasteiger partial charge is 0.407 e. The van der Waals surface area contributed by atoms with Crippen molar-refractivity contribution in [2.45, 2.75) is 32.9 Å². The third kappa shape index (κ3) is 7.83. The van der Waals surface area contributed by atoms with Gasteiger partial charge in [-0.25, -0.2) is 9.69 Å². The number of thiocarbonyl (C=S) groups is 2. The zero-order valence-corrected chi connectivity index (χ0v) is 20.8. The normalized spacial score (nSPS) is 10.7. The maximum Gasteiger partial charge on any atom is 0.407 e. The third-order valence-electron chi connectivity index (χ3n) is 4.27. The number of nitrogens with zero attached hydrogens (tertiary/aromatic N) is 1. The van der Waals surface area contributed by atoms with E-state index in [1.165, 1.54) is 4.90 Å². The van der Waals surface area contributed by atoms with Crippen LogP contribution in [0.4, 0.5) is 10.5 Å². The van der Waals surface area contributed by atoms with E-state index in [-0.39, 0.29) is 16.9 Å². The first-order valence-electron chi connectivity index (χ1n) is 10.6. The maximum absolute atomic E-state index is 12.0. The van der Waals surface area contributed by atoms with Gasteiger partial charge < -0.3 is 19.5 Å². The standard InChI is InChI=1S/C26H26N2O4S2/c1-26(2,3)32-23(29)27-18-19-11-10-12-20(17-19)28(24(33)30-21-13-6-4-7-14-21)25(34)31-22-15-8-5-9-16-22/h4-17H,18H2,1-3H3,(H,27,29). The van der Waals surface area contributed by atoms with Gasteiger partial charge in [0.2, 0.25) is 0 Å². The van der Waals surface area contributed by atoms with Gasteiger partial charge in [-0.2, -0.15) is 0 Å². The molecule has 0 fully saturated rings. The molecule has 0 unspecified atom stereocenters. The summed E-state index contributed by atoms with van der Waals surface area (Å²) in [7, 11) is 0. The van der Waals surface area contributed by atoms with Crippen molar-refractivity contribution in [1.29, 1.82) is 0 Å². The van der Waals surface area contributed by atoms with Crippen LogP contribution in [-0.4, -0.2) is 22.0 Å². The van der Waals surface area contributed by atoms with E-state index in [1.54, 1.807) is 24.3 Å². The second-order valence-electron chi connectivity index (χ2n) is 8.22. The number of alkyl carbamates (subject to hydrolysis) is 1. The van der Waals surface area contributed by atoms with Gasteiger partial charge in [0, 0.05) is 6.54 Å². The summed E-state index contributed by atoms with van der Waals surface area (Å²) in [5.74, 6) is 1.14. The van der Waals surface area contributed by atoms with Crippen molar-refractivity contribution >= 4 is 46.6 Å². The third-order valence-corrected chi connectivity index (χ3v) is 4.80. The number of carbonyl (C=O) groups is 1. The van der Waals surface area contributed by atoms with Gasteiger partial charge in [0.05, 0.1) is 5.69 Å². The summed E-state index contributed by atoms with van der Waals surface area (Å²) in [6.45, 7) is 5.69. The fraction of sp³-hybridized carbons (Fsp3) is 0.192. The zero-order chi connectivity index (χ0) is 24.6. The van der Waals surface area contributed by atoms with Crippen LogP contribution in [0.2, 0.25) is 0 Å². The summed E-state index contributed by atoms with van der Waals surface area (Å²) >= 11 is 11.2. The molecule has 34 heavy (non-hydrogen) atoms. The number of anilines is 1. The average molecular weight is 495 g/mol. The van der Waals surface area contributed by atoms with Crippen molar-refractivity contribution in [3.05, 3.63) is 90.5 Å². The number of nitrogens with one attached hydrogen (secondary N) is 1. The van der Waals surface area contributed by atoms with Gasteiger partial charge in [-0.15, -0.1) is 0 Å². The molecule has 0 atom stereocenters. The molecule has 0 radical (unpaired) electrons. The number of hydrogen-bond donors (Lipinski definition) is 1. The Balaban J connectivity index is 1.82. The van der Waals surface area contributed by atoms with Crippen molar-refractivity contribution in [2.75, 3.05) is 4.90 Å². The van der Waals surface area contributed by atoms with Crippen molar-refractivity contribution in [2.24, 2.45) is 0 Å². The number of amides is 1. The van der Waals surface area contributed by atoms with Crippen LogP contribution in [0.15, 0.2) is 84.9 Å². The predicted molar refractivity (Wildman–Crippen MR) is 141 cm³/mol. The van der Waals surface area contributed by atoms with Gasteiger partial charge >= 0.3 is 6.09 Å². The van der Waals surface area contributed by atoms with Crippen LogP contribution >= 0.6 is 24.4 Å². The minimum absolute atomic E-state index is 0.101. The molecule has 0 saturated heterocycles.